The van der Waals surface area contributed by atoms with Gasteiger partial charge >= 0.3 is 12.1 Å². The van der Waals surface area contributed by atoms with E-state index in [1.54, 1.807) is 15.8 Å². The Morgan fingerprint density at radius 2 is 1.22 bits per heavy atom. The molecule has 1 aromatic heterocycles. The minimum absolute atomic E-state index is 0.0286. The summed E-state index contributed by atoms with van der Waals surface area (Å²) in [5.74, 6) is -0.0286. The second-order valence-electron chi connectivity index (χ2n) is 13.8. The number of nitrogens with zero attached hydrogens (tertiary/aromatic N) is 4. The van der Waals surface area contributed by atoms with Gasteiger partial charge in [0.1, 0.15) is 12.3 Å². The Hall–Kier alpha value is -2.09. The summed E-state index contributed by atoms with van der Waals surface area (Å²) < 4.78 is 12.9. The van der Waals surface area contributed by atoms with Crippen LogP contribution in [0.1, 0.15) is 163 Å². The zero-order valence-corrected chi connectivity index (χ0v) is 30.0. The zero-order chi connectivity index (χ0) is 33.0. The van der Waals surface area contributed by atoms with Crippen molar-refractivity contribution in [2.45, 2.75) is 175 Å². The molecule has 1 amide bonds. The van der Waals surface area contributed by atoms with Gasteiger partial charge in [-0.25, -0.2) is 4.79 Å². The van der Waals surface area contributed by atoms with Crippen LogP contribution in [0.15, 0.2) is 18.5 Å². The molecule has 8 heteroatoms. The van der Waals surface area contributed by atoms with Gasteiger partial charge in [-0.2, -0.15) is 5.10 Å². The van der Waals surface area contributed by atoms with Gasteiger partial charge in [-0.15, -0.1) is 0 Å². The summed E-state index contributed by atoms with van der Waals surface area (Å²) in [4.78, 5) is 29.3. The zero-order valence-electron chi connectivity index (χ0n) is 30.0. The van der Waals surface area contributed by atoms with Crippen molar-refractivity contribution in [3.05, 3.63) is 18.5 Å². The largest absolute Gasteiger partial charge is 0.466 e. The first-order valence-corrected chi connectivity index (χ1v) is 18.6. The fourth-order valence-electron chi connectivity index (χ4n) is 5.49. The highest BCUT2D eigenvalue weighted by Crippen LogP contribution is 2.13. The van der Waals surface area contributed by atoms with Crippen molar-refractivity contribution in [1.29, 1.82) is 0 Å². The molecule has 1 heterocycles. The van der Waals surface area contributed by atoms with Crippen LogP contribution in [0.25, 0.3) is 0 Å². The number of carbonyl (C=O) groups is 2. The van der Waals surface area contributed by atoms with Gasteiger partial charge in [-0.05, 0) is 78.6 Å². The summed E-state index contributed by atoms with van der Waals surface area (Å²) in [6.45, 7) is 15.0. The molecule has 0 saturated carbocycles. The summed E-state index contributed by atoms with van der Waals surface area (Å²) in [5.41, 5.74) is -0.531. The first kappa shape index (κ1) is 40.9. The Morgan fingerprint density at radius 3 is 1.78 bits per heavy atom. The third kappa shape index (κ3) is 24.8. The van der Waals surface area contributed by atoms with Gasteiger partial charge < -0.3 is 14.4 Å². The summed E-state index contributed by atoms with van der Waals surface area (Å²) in [6.07, 6.45) is 26.7. The molecule has 0 aliphatic rings. The molecule has 0 aromatic carbocycles. The molecule has 1 rings (SSSR count). The highest BCUT2D eigenvalue weighted by molar-refractivity contribution is 5.69. The van der Waals surface area contributed by atoms with Crippen LogP contribution in [0.2, 0.25) is 0 Å². The number of esters is 1. The molecular formula is C37H70N4O4. The second kappa shape index (κ2) is 27.1. The Balaban J connectivity index is 2.35. The van der Waals surface area contributed by atoms with Crippen molar-refractivity contribution in [2.75, 3.05) is 32.8 Å². The lowest BCUT2D eigenvalue weighted by Gasteiger charge is -2.28. The van der Waals surface area contributed by atoms with Crippen molar-refractivity contribution in [2.24, 2.45) is 0 Å². The summed E-state index contributed by atoms with van der Waals surface area (Å²) in [5, 5.41) is 4.29. The molecule has 0 radical (unpaired) electrons. The number of hydrogen-bond acceptors (Lipinski definition) is 6. The first-order chi connectivity index (χ1) is 21.7. The number of amides is 1. The van der Waals surface area contributed by atoms with Crippen LogP contribution in [0, 0.1) is 0 Å². The van der Waals surface area contributed by atoms with Crippen molar-refractivity contribution in [3.63, 3.8) is 0 Å². The molecule has 8 nitrogen and oxygen atoms in total. The van der Waals surface area contributed by atoms with E-state index in [2.05, 4.69) is 23.8 Å². The van der Waals surface area contributed by atoms with Crippen molar-refractivity contribution >= 4 is 12.1 Å². The van der Waals surface area contributed by atoms with Gasteiger partial charge in [0, 0.05) is 25.4 Å². The molecule has 0 saturated heterocycles. The Labute approximate surface area is 277 Å². The van der Waals surface area contributed by atoms with Crippen LogP contribution in [0.3, 0.4) is 0 Å². The molecule has 0 aliphatic heterocycles. The van der Waals surface area contributed by atoms with Crippen LogP contribution in [-0.4, -0.2) is 70.0 Å². The number of carbonyl (C=O) groups excluding carboxylic acids is 2. The van der Waals surface area contributed by atoms with Gasteiger partial charge in [-0.1, -0.05) is 104 Å². The van der Waals surface area contributed by atoms with Crippen molar-refractivity contribution in [1.82, 2.24) is 19.6 Å². The third-order valence-corrected chi connectivity index (χ3v) is 8.12. The molecule has 262 valence electrons. The first-order valence-electron chi connectivity index (χ1n) is 18.6. The molecule has 0 aliphatic carbocycles. The smallest absolute Gasteiger partial charge is 0.411 e. The normalized spacial score (nSPS) is 11.7. The minimum Gasteiger partial charge on any atom is -0.466 e. The summed E-state index contributed by atoms with van der Waals surface area (Å²) in [7, 11) is 0. The van der Waals surface area contributed by atoms with E-state index >= 15 is 0 Å². The predicted octanol–water partition coefficient (Wildman–Crippen LogP) is 9.76. The quantitative estimate of drug-likeness (QED) is 0.0645. The van der Waals surface area contributed by atoms with E-state index in [9.17, 15) is 9.59 Å². The summed E-state index contributed by atoms with van der Waals surface area (Å²) in [6, 6.07) is 1.87. The van der Waals surface area contributed by atoms with E-state index in [1.165, 1.54) is 89.9 Å². The van der Waals surface area contributed by atoms with E-state index in [0.717, 1.165) is 51.7 Å². The fraction of sp³-hybridized carbons (Fsp3) is 0.865. The molecule has 0 fully saturated rings. The lowest BCUT2D eigenvalue weighted by atomic mass is 10.1. The highest BCUT2D eigenvalue weighted by Gasteiger charge is 2.22. The van der Waals surface area contributed by atoms with E-state index in [0.29, 0.717) is 26.2 Å². The number of rotatable bonds is 29. The number of aromatic nitrogens is 2. The lowest BCUT2D eigenvalue weighted by molar-refractivity contribution is -0.143. The monoisotopic (exact) mass is 635 g/mol. The highest BCUT2D eigenvalue weighted by atomic mass is 16.6. The number of ether oxygens (including phenoxy) is 2. The molecular weight excluding hydrogens is 564 g/mol. The third-order valence-electron chi connectivity index (χ3n) is 8.12. The average molecular weight is 635 g/mol. The van der Waals surface area contributed by atoms with Crippen LogP contribution in [0.5, 0.6) is 0 Å². The van der Waals surface area contributed by atoms with Crippen molar-refractivity contribution < 1.29 is 19.1 Å². The van der Waals surface area contributed by atoms with Gasteiger partial charge in [0.15, 0.2) is 0 Å². The maximum Gasteiger partial charge on any atom is 0.411 e. The predicted molar refractivity (Wildman–Crippen MR) is 186 cm³/mol. The average Bonchev–Trinajstić information content (AvgIpc) is 3.51. The SMILES string of the molecule is CCCCCCCCCOC(=O)CCCCCCCN(CCCCCCCC)CCCN(Cn1cccn1)C(=O)OC(C)(C)C. The van der Waals surface area contributed by atoms with E-state index in [-0.39, 0.29) is 12.1 Å². The van der Waals surface area contributed by atoms with Crippen LogP contribution in [0.4, 0.5) is 4.79 Å². The maximum absolute atomic E-state index is 12.9. The molecule has 0 N–H and O–H groups in total. The Morgan fingerprint density at radius 1 is 0.689 bits per heavy atom. The van der Waals surface area contributed by atoms with Crippen LogP contribution >= 0.6 is 0 Å². The second-order valence-corrected chi connectivity index (χ2v) is 13.8. The molecule has 0 spiro atoms. The molecule has 1 aromatic rings. The number of unbranched alkanes of at least 4 members (excludes halogenated alkanes) is 15. The van der Waals surface area contributed by atoms with Gasteiger partial charge in [0.05, 0.1) is 6.61 Å². The Kier molecular flexibility index (Phi) is 24.6. The molecule has 0 atom stereocenters. The number of hydrogen-bond donors (Lipinski definition) is 0. The van der Waals surface area contributed by atoms with Gasteiger partial charge in [0.2, 0.25) is 0 Å². The van der Waals surface area contributed by atoms with Gasteiger partial charge in [-0.3, -0.25) is 14.4 Å². The van der Waals surface area contributed by atoms with E-state index in [1.807, 2.05) is 33.0 Å². The topological polar surface area (TPSA) is 76.9 Å². The Bertz CT molecular complexity index is 825. The standard InChI is InChI=1S/C37H70N4O4/c1-6-8-10-12-14-19-23-33-44-35(42)26-20-16-15-18-22-29-39(28-21-17-13-11-9-7-2)30-25-31-40(34-41-32-24-27-38-41)36(43)45-37(3,4)5/h24,27,32H,6-23,25-26,28-31,33-34H2,1-5H3. The molecule has 0 unspecified atom stereocenters. The lowest BCUT2D eigenvalue weighted by Crippen LogP contribution is -2.39. The minimum atomic E-state index is -0.531. The molecule has 45 heavy (non-hydrogen) atoms. The van der Waals surface area contributed by atoms with Gasteiger partial charge in [0.25, 0.3) is 0 Å². The fourth-order valence-corrected chi connectivity index (χ4v) is 5.49. The van der Waals surface area contributed by atoms with Crippen LogP contribution < -0.4 is 0 Å². The van der Waals surface area contributed by atoms with E-state index < -0.39 is 5.60 Å². The summed E-state index contributed by atoms with van der Waals surface area (Å²) >= 11 is 0. The maximum atomic E-state index is 12.9. The van der Waals surface area contributed by atoms with Crippen LogP contribution in [-0.2, 0) is 20.9 Å². The van der Waals surface area contributed by atoms with E-state index in [4.69, 9.17) is 9.47 Å². The molecule has 0 bridgehead atoms. The van der Waals surface area contributed by atoms with Crippen molar-refractivity contribution in [3.8, 4) is 0 Å².